The molecule has 1 atom stereocenters. The monoisotopic (exact) mass is 436 g/mol. The summed E-state index contributed by atoms with van der Waals surface area (Å²) >= 11 is 1.11. The molecular formula is C24H28N4O2S. The van der Waals surface area contributed by atoms with Gasteiger partial charge in [-0.15, -0.1) is 5.10 Å². The number of amides is 2. The maximum Gasteiger partial charge on any atom is 0.280 e. The zero-order chi connectivity index (χ0) is 22.8. The number of rotatable bonds is 5. The fourth-order valence-corrected chi connectivity index (χ4v) is 4.04. The quantitative estimate of drug-likeness (QED) is 0.625. The van der Waals surface area contributed by atoms with Crippen molar-refractivity contribution >= 4 is 29.0 Å². The summed E-state index contributed by atoms with van der Waals surface area (Å²) in [6, 6.07) is 12.7. The molecule has 1 heterocycles. The van der Waals surface area contributed by atoms with E-state index >= 15 is 0 Å². The Labute approximate surface area is 187 Å². The molecule has 0 bridgehead atoms. The van der Waals surface area contributed by atoms with Gasteiger partial charge in [0.1, 0.15) is 6.04 Å². The van der Waals surface area contributed by atoms with Gasteiger partial charge in [0.15, 0.2) is 5.69 Å². The molecule has 0 spiro atoms. The number of nitrogens with one attached hydrogen (secondary N) is 1. The Hall–Kier alpha value is -3.06. The van der Waals surface area contributed by atoms with Gasteiger partial charge in [0.2, 0.25) is 5.91 Å². The van der Waals surface area contributed by atoms with E-state index in [1.165, 1.54) is 0 Å². The largest absolute Gasteiger partial charge is 0.349 e. The molecule has 1 N–H and O–H groups in total. The minimum atomic E-state index is -0.867. The molecule has 3 rings (SSSR count). The number of anilines is 1. The molecule has 2 amide bonds. The number of hydrogen-bond donors (Lipinski definition) is 1. The fraction of sp³-hybridized carbons (Fsp3) is 0.333. The summed E-state index contributed by atoms with van der Waals surface area (Å²) in [6.45, 7) is 11.6. The number of carbonyl (C=O) groups is 2. The van der Waals surface area contributed by atoms with Gasteiger partial charge in [-0.3, -0.25) is 14.5 Å². The number of para-hydroxylation sites is 1. The van der Waals surface area contributed by atoms with Gasteiger partial charge >= 0.3 is 0 Å². The second-order valence-electron chi connectivity index (χ2n) is 8.76. The average Bonchev–Trinajstić information content (AvgIpc) is 3.20. The zero-order valence-electron chi connectivity index (χ0n) is 18.8. The van der Waals surface area contributed by atoms with Crippen LogP contribution in [0.2, 0.25) is 0 Å². The van der Waals surface area contributed by atoms with Gasteiger partial charge in [0, 0.05) is 10.9 Å². The lowest BCUT2D eigenvalue weighted by atomic mass is 9.97. The Morgan fingerprint density at radius 2 is 1.68 bits per heavy atom. The van der Waals surface area contributed by atoms with E-state index in [0.717, 1.165) is 33.8 Å². The third kappa shape index (κ3) is 5.17. The van der Waals surface area contributed by atoms with Crippen LogP contribution in [0.25, 0.3) is 0 Å². The summed E-state index contributed by atoms with van der Waals surface area (Å²) in [5.74, 6) is -0.612. The lowest BCUT2D eigenvalue weighted by Gasteiger charge is -2.35. The first-order valence-corrected chi connectivity index (χ1v) is 11.0. The maximum absolute atomic E-state index is 13.7. The molecule has 6 nitrogen and oxygen atoms in total. The summed E-state index contributed by atoms with van der Waals surface area (Å²) in [7, 11) is 0. The van der Waals surface area contributed by atoms with Crippen molar-refractivity contribution in [3.63, 3.8) is 0 Å². The molecule has 7 heteroatoms. The highest BCUT2D eigenvalue weighted by Crippen LogP contribution is 2.35. The van der Waals surface area contributed by atoms with Crippen LogP contribution in [0.5, 0.6) is 0 Å². The van der Waals surface area contributed by atoms with Crippen molar-refractivity contribution in [1.82, 2.24) is 14.9 Å². The first-order chi connectivity index (χ1) is 14.6. The van der Waals surface area contributed by atoms with E-state index in [0.29, 0.717) is 5.69 Å². The smallest absolute Gasteiger partial charge is 0.280 e. The van der Waals surface area contributed by atoms with E-state index in [4.69, 9.17) is 0 Å². The van der Waals surface area contributed by atoms with Crippen molar-refractivity contribution in [3.8, 4) is 0 Å². The van der Waals surface area contributed by atoms with Crippen molar-refractivity contribution in [1.29, 1.82) is 0 Å². The van der Waals surface area contributed by atoms with Crippen LogP contribution >= 0.6 is 11.5 Å². The van der Waals surface area contributed by atoms with E-state index in [1.807, 2.05) is 84.0 Å². The van der Waals surface area contributed by atoms with E-state index in [1.54, 1.807) is 10.3 Å². The second-order valence-corrected chi connectivity index (χ2v) is 9.37. The van der Waals surface area contributed by atoms with E-state index in [9.17, 15) is 9.59 Å². The summed E-state index contributed by atoms with van der Waals surface area (Å²) in [5, 5.41) is 8.66. The molecule has 3 aromatic rings. The zero-order valence-corrected chi connectivity index (χ0v) is 19.6. The van der Waals surface area contributed by atoms with Crippen LogP contribution in [0, 0.1) is 20.8 Å². The average molecular weight is 437 g/mol. The van der Waals surface area contributed by atoms with Gasteiger partial charge in [-0.25, -0.2) is 0 Å². The molecule has 2 aromatic carbocycles. The van der Waals surface area contributed by atoms with Gasteiger partial charge in [-0.2, -0.15) is 0 Å². The molecule has 0 saturated heterocycles. The molecule has 162 valence electrons. The van der Waals surface area contributed by atoms with E-state index in [2.05, 4.69) is 14.9 Å². The Morgan fingerprint density at radius 1 is 1.03 bits per heavy atom. The molecule has 0 saturated carbocycles. The minimum Gasteiger partial charge on any atom is -0.349 e. The maximum atomic E-state index is 13.7. The summed E-state index contributed by atoms with van der Waals surface area (Å²) in [4.78, 5) is 28.9. The molecular weight excluding hydrogens is 408 g/mol. The summed E-state index contributed by atoms with van der Waals surface area (Å²) < 4.78 is 3.86. The standard InChI is InChI=1S/C24H28N4O2S/c1-15-9-7-12-18(13-15)21(22(29)25-24(4,5)6)28(23(30)19-14-31-27-26-19)20-16(2)10-8-11-17(20)3/h7-14,21H,1-6H3,(H,25,29)/t21-/m0/s1. The minimum absolute atomic E-state index is 0.217. The number of nitrogens with zero attached hydrogens (tertiary/aromatic N) is 3. The number of carbonyl (C=O) groups excluding carboxylic acids is 2. The van der Waals surface area contributed by atoms with Gasteiger partial charge < -0.3 is 5.32 Å². The molecule has 0 aliphatic rings. The first-order valence-electron chi connectivity index (χ1n) is 10.1. The molecule has 0 aliphatic heterocycles. The van der Waals surface area contributed by atoms with Gasteiger partial charge in [0.25, 0.3) is 5.91 Å². The lowest BCUT2D eigenvalue weighted by molar-refractivity contribution is -0.123. The van der Waals surface area contributed by atoms with Crippen molar-refractivity contribution in [2.75, 3.05) is 4.90 Å². The van der Waals surface area contributed by atoms with Crippen molar-refractivity contribution < 1.29 is 9.59 Å². The number of benzene rings is 2. The molecule has 1 aromatic heterocycles. The third-order valence-electron chi connectivity index (χ3n) is 4.84. The van der Waals surface area contributed by atoms with Crippen molar-refractivity contribution in [2.24, 2.45) is 0 Å². The Kier molecular flexibility index (Phi) is 6.55. The fourth-order valence-electron chi connectivity index (χ4n) is 3.61. The predicted octanol–water partition coefficient (Wildman–Crippen LogP) is 4.77. The number of aromatic nitrogens is 2. The van der Waals surface area contributed by atoms with Crippen LogP contribution in [-0.2, 0) is 4.79 Å². The van der Waals surface area contributed by atoms with Gasteiger partial charge in [-0.05, 0) is 69.8 Å². The first kappa shape index (κ1) is 22.6. The van der Waals surface area contributed by atoms with E-state index in [-0.39, 0.29) is 17.5 Å². The van der Waals surface area contributed by atoms with Crippen LogP contribution in [-0.4, -0.2) is 26.9 Å². The topological polar surface area (TPSA) is 75.2 Å². The highest BCUT2D eigenvalue weighted by atomic mass is 32.1. The predicted molar refractivity (Wildman–Crippen MR) is 124 cm³/mol. The summed E-state index contributed by atoms with van der Waals surface area (Å²) in [6.07, 6.45) is 0. The van der Waals surface area contributed by atoms with E-state index < -0.39 is 11.6 Å². The van der Waals surface area contributed by atoms with Crippen LogP contribution < -0.4 is 10.2 Å². The molecule has 0 fully saturated rings. The van der Waals surface area contributed by atoms with Crippen LogP contribution in [0.15, 0.2) is 47.8 Å². The molecule has 0 radical (unpaired) electrons. The molecule has 31 heavy (non-hydrogen) atoms. The van der Waals surface area contributed by atoms with Crippen LogP contribution in [0.1, 0.15) is 59.6 Å². The Bertz CT molecular complexity index is 1070. The highest BCUT2D eigenvalue weighted by molar-refractivity contribution is 7.03. The van der Waals surface area contributed by atoms with Crippen LogP contribution in [0.4, 0.5) is 5.69 Å². The normalized spacial score (nSPS) is 12.3. The molecule has 0 unspecified atom stereocenters. The lowest BCUT2D eigenvalue weighted by Crippen LogP contribution is -2.50. The van der Waals surface area contributed by atoms with Gasteiger partial charge in [0.05, 0.1) is 5.69 Å². The van der Waals surface area contributed by atoms with Crippen molar-refractivity contribution in [3.05, 3.63) is 75.8 Å². The van der Waals surface area contributed by atoms with Crippen LogP contribution in [0.3, 0.4) is 0 Å². The highest BCUT2D eigenvalue weighted by Gasteiger charge is 2.37. The Morgan fingerprint density at radius 3 is 2.23 bits per heavy atom. The molecule has 0 aliphatic carbocycles. The van der Waals surface area contributed by atoms with Gasteiger partial charge in [-0.1, -0.05) is 52.5 Å². The summed E-state index contributed by atoms with van der Waals surface area (Å²) in [5.41, 5.74) is 4.01. The number of hydrogen-bond acceptors (Lipinski definition) is 5. The van der Waals surface area contributed by atoms with Crippen molar-refractivity contribution in [2.45, 2.75) is 53.1 Å². The number of aryl methyl sites for hydroxylation is 3. The third-order valence-corrected chi connectivity index (χ3v) is 5.35. The second kappa shape index (κ2) is 8.98. The SMILES string of the molecule is Cc1cccc([C@@H](C(=O)NC(C)(C)C)N(C(=O)c2csnn2)c2c(C)cccc2C)c1. The Balaban J connectivity index is 2.26.